The highest BCUT2D eigenvalue weighted by Gasteiger charge is 2.14. The lowest BCUT2D eigenvalue weighted by Crippen LogP contribution is -2.13. The first-order valence-electron chi connectivity index (χ1n) is 4.42. The lowest BCUT2D eigenvalue weighted by Gasteiger charge is -2.19. The first-order valence-corrected chi connectivity index (χ1v) is 4.42. The van der Waals surface area contributed by atoms with E-state index in [1.807, 2.05) is 6.92 Å². The van der Waals surface area contributed by atoms with Gasteiger partial charge in [-0.1, -0.05) is 34.1 Å². The fourth-order valence-electron chi connectivity index (χ4n) is 1.26. The van der Waals surface area contributed by atoms with Crippen LogP contribution in [0.15, 0.2) is 0 Å². The van der Waals surface area contributed by atoms with Crippen molar-refractivity contribution in [2.75, 3.05) is 0 Å². The maximum atomic E-state index is 10.3. The van der Waals surface area contributed by atoms with Gasteiger partial charge in [-0.2, -0.15) is 0 Å². The van der Waals surface area contributed by atoms with Gasteiger partial charge in [-0.3, -0.25) is 0 Å². The summed E-state index contributed by atoms with van der Waals surface area (Å²) in [5.74, 6) is 1.36. The Kier molecular flexibility index (Phi) is 5.18. The zero-order chi connectivity index (χ0) is 8.85. The molecule has 1 radical (unpaired) electrons. The summed E-state index contributed by atoms with van der Waals surface area (Å²) >= 11 is 0. The molecule has 0 fully saturated rings. The molecule has 0 aliphatic carbocycles. The zero-order valence-electron chi connectivity index (χ0n) is 8.00. The van der Waals surface area contributed by atoms with E-state index in [2.05, 4.69) is 27.2 Å². The van der Waals surface area contributed by atoms with Gasteiger partial charge in [0, 0.05) is 5.92 Å². The van der Waals surface area contributed by atoms with Gasteiger partial charge in [0.25, 0.3) is 0 Å². The summed E-state index contributed by atoms with van der Waals surface area (Å²) in [4.78, 5) is 10.3. The third-order valence-electron chi connectivity index (χ3n) is 2.09. The van der Waals surface area contributed by atoms with E-state index >= 15 is 0 Å². The minimum absolute atomic E-state index is 0.113. The summed E-state index contributed by atoms with van der Waals surface area (Å²) in [6, 6.07) is 0. The summed E-state index contributed by atoms with van der Waals surface area (Å²) in [7, 11) is 0. The predicted octanol–water partition coefficient (Wildman–Crippen LogP) is 2.71. The van der Waals surface area contributed by atoms with Gasteiger partial charge in [-0.05, 0) is 18.3 Å². The van der Waals surface area contributed by atoms with Gasteiger partial charge in [0.15, 0.2) is 0 Å². The van der Waals surface area contributed by atoms with Crippen molar-refractivity contribution >= 4 is 6.29 Å². The Morgan fingerprint density at radius 1 is 1.27 bits per heavy atom. The summed E-state index contributed by atoms with van der Waals surface area (Å²) in [6.07, 6.45) is 4.29. The van der Waals surface area contributed by atoms with Crippen LogP contribution in [-0.4, -0.2) is 6.29 Å². The van der Waals surface area contributed by atoms with E-state index in [0.717, 1.165) is 12.7 Å². The Balaban J connectivity index is 3.77. The van der Waals surface area contributed by atoms with Gasteiger partial charge in [-0.15, -0.1) is 0 Å². The Hall–Kier alpha value is -0.330. The normalized spacial score (nSPS) is 16.5. The maximum absolute atomic E-state index is 10.3. The molecule has 0 saturated heterocycles. The Morgan fingerprint density at radius 2 is 1.82 bits per heavy atom. The number of carbonyl (C=O) groups excluding carboxylic acids is 1. The third kappa shape index (κ3) is 4.18. The molecule has 0 aromatic heterocycles. The summed E-state index contributed by atoms with van der Waals surface area (Å²) in [5, 5.41) is 0. The van der Waals surface area contributed by atoms with Crippen molar-refractivity contribution in [3.8, 4) is 0 Å². The van der Waals surface area contributed by atoms with Crippen LogP contribution in [0.25, 0.3) is 0 Å². The first kappa shape index (κ1) is 10.7. The van der Waals surface area contributed by atoms with Crippen molar-refractivity contribution in [1.29, 1.82) is 0 Å². The van der Waals surface area contributed by atoms with Crippen LogP contribution in [-0.2, 0) is 4.79 Å². The number of carbonyl (C=O) groups is 1. The molecule has 0 amide bonds. The van der Waals surface area contributed by atoms with Crippen LogP contribution in [0.5, 0.6) is 0 Å². The molecule has 0 aromatic rings. The van der Waals surface area contributed by atoms with Crippen LogP contribution in [0.1, 0.15) is 34.1 Å². The zero-order valence-corrected chi connectivity index (χ0v) is 8.00. The molecule has 0 saturated carbocycles. The van der Waals surface area contributed by atoms with Crippen molar-refractivity contribution in [2.24, 2.45) is 17.8 Å². The molecule has 2 atom stereocenters. The highest BCUT2D eigenvalue weighted by Crippen LogP contribution is 2.21. The van der Waals surface area contributed by atoms with Crippen molar-refractivity contribution in [3.05, 3.63) is 6.42 Å². The van der Waals surface area contributed by atoms with Gasteiger partial charge in [0.1, 0.15) is 6.29 Å². The van der Waals surface area contributed by atoms with Gasteiger partial charge in [0.2, 0.25) is 0 Å². The van der Waals surface area contributed by atoms with Crippen molar-refractivity contribution in [2.45, 2.75) is 34.1 Å². The fourth-order valence-corrected chi connectivity index (χ4v) is 1.26. The molecule has 0 aromatic carbocycles. The smallest absolute Gasteiger partial charge is 0.123 e. The topological polar surface area (TPSA) is 17.1 Å². The van der Waals surface area contributed by atoms with Gasteiger partial charge in [0.05, 0.1) is 0 Å². The van der Waals surface area contributed by atoms with Crippen LogP contribution in [0.2, 0.25) is 0 Å². The Morgan fingerprint density at radius 3 is 2.09 bits per heavy atom. The second kappa shape index (κ2) is 5.34. The average Bonchev–Trinajstić information content (AvgIpc) is 1.99. The molecule has 0 heterocycles. The van der Waals surface area contributed by atoms with Gasteiger partial charge >= 0.3 is 0 Å². The quantitative estimate of drug-likeness (QED) is 0.558. The maximum Gasteiger partial charge on any atom is 0.123 e. The molecule has 1 nitrogen and oxygen atoms in total. The largest absolute Gasteiger partial charge is 0.303 e. The number of rotatable bonds is 5. The molecule has 0 aliphatic rings. The molecule has 2 unspecified atom stereocenters. The summed E-state index contributed by atoms with van der Waals surface area (Å²) in [5.41, 5.74) is 0. The van der Waals surface area contributed by atoms with E-state index in [9.17, 15) is 4.79 Å². The molecule has 0 rings (SSSR count). The summed E-state index contributed by atoms with van der Waals surface area (Å²) < 4.78 is 0. The fraction of sp³-hybridized carbons (Fsp3) is 0.800. The second-order valence-corrected chi connectivity index (χ2v) is 3.50. The Bertz CT molecular complexity index is 107. The molecule has 11 heavy (non-hydrogen) atoms. The van der Waals surface area contributed by atoms with E-state index < -0.39 is 0 Å². The van der Waals surface area contributed by atoms with Gasteiger partial charge in [-0.25, -0.2) is 0 Å². The number of hydrogen-bond acceptors (Lipinski definition) is 1. The molecular formula is C10H19O. The number of hydrogen-bond donors (Lipinski definition) is 0. The second-order valence-electron chi connectivity index (χ2n) is 3.50. The first-order chi connectivity index (χ1) is 5.11. The molecular weight excluding hydrogens is 136 g/mol. The highest BCUT2D eigenvalue weighted by molar-refractivity contribution is 5.54. The molecule has 0 aliphatic heterocycles. The molecule has 0 bridgehead atoms. The van der Waals surface area contributed by atoms with Crippen molar-refractivity contribution < 1.29 is 4.79 Å². The molecule has 1 heteroatoms. The molecule has 0 spiro atoms. The monoisotopic (exact) mass is 155 g/mol. The number of aldehydes is 1. The summed E-state index contributed by atoms with van der Waals surface area (Å²) in [6.45, 7) is 8.50. The highest BCUT2D eigenvalue weighted by atomic mass is 16.1. The molecule has 65 valence electrons. The van der Waals surface area contributed by atoms with Gasteiger partial charge < -0.3 is 4.79 Å². The van der Waals surface area contributed by atoms with E-state index in [-0.39, 0.29) is 5.92 Å². The van der Waals surface area contributed by atoms with Crippen LogP contribution in [0.3, 0.4) is 0 Å². The molecule has 0 N–H and O–H groups in total. The SMILES string of the molecule is CCC([CH]C(C)C=O)C(C)C. The average molecular weight is 155 g/mol. The van der Waals surface area contributed by atoms with E-state index in [1.165, 1.54) is 0 Å². The third-order valence-corrected chi connectivity index (χ3v) is 2.09. The minimum atomic E-state index is 0.113. The van der Waals surface area contributed by atoms with Crippen LogP contribution in [0.4, 0.5) is 0 Å². The van der Waals surface area contributed by atoms with E-state index in [4.69, 9.17) is 0 Å². The lowest BCUT2D eigenvalue weighted by molar-refractivity contribution is -0.110. The lowest BCUT2D eigenvalue weighted by atomic mass is 9.86. The minimum Gasteiger partial charge on any atom is -0.303 e. The van der Waals surface area contributed by atoms with Crippen molar-refractivity contribution in [3.63, 3.8) is 0 Å². The predicted molar refractivity (Wildman–Crippen MR) is 48.1 cm³/mol. The van der Waals surface area contributed by atoms with Crippen LogP contribution in [0, 0.1) is 24.2 Å². The van der Waals surface area contributed by atoms with E-state index in [1.54, 1.807) is 0 Å². The standard InChI is InChI=1S/C10H19O/c1-5-10(8(2)3)6-9(4)7-11/h6-10H,5H2,1-4H3. The van der Waals surface area contributed by atoms with Crippen LogP contribution < -0.4 is 0 Å². The van der Waals surface area contributed by atoms with Crippen LogP contribution >= 0.6 is 0 Å². The Labute approximate surface area is 70.2 Å². The van der Waals surface area contributed by atoms with Crippen molar-refractivity contribution in [1.82, 2.24) is 0 Å². The van der Waals surface area contributed by atoms with E-state index in [0.29, 0.717) is 11.8 Å².